The van der Waals surface area contributed by atoms with Crippen molar-refractivity contribution in [2.45, 2.75) is 57.2 Å². The third-order valence-electron chi connectivity index (χ3n) is 2.80. The maximum absolute atomic E-state index is 12.0. The Hall–Kier alpha value is -0.590. The Morgan fingerprint density at radius 2 is 2.00 bits per heavy atom. The zero-order valence-electron chi connectivity index (χ0n) is 11.1. The first-order valence-electron chi connectivity index (χ1n) is 6.11. The van der Waals surface area contributed by atoms with Gasteiger partial charge in [-0.2, -0.15) is 0 Å². The van der Waals surface area contributed by atoms with Gasteiger partial charge in [-0.3, -0.25) is 9.59 Å². The van der Waals surface area contributed by atoms with Crippen LogP contribution < -0.4 is 4.72 Å². The first-order valence-corrected chi connectivity index (χ1v) is 7.26. The second-order valence-corrected chi connectivity index (χ2v) is 7.75. The summed E-state index contributed by atoms with van der Waals surface area (Å²) in [6.45, 7) is 5.58. The Labute approximate surface area is 111 Å². The molecule has 0 aromatic rings. The van der Waals surface area contributed by atoms with Gasteiger partial charge in [0, 0.05) is 17.8 Å². The van der Waals surface area contributed by atoms with E-state index in [4.69, 9.17) is 5.11 Å². The lowest BCUT2D eigenvalue weighted by Crippen LogP contribution is -2.46. The SMILES string of the molecule is CC(C)(C)[S@@+]([O-])NC(CC(=O)CC(=O)O)C1CC1. The molecule has 1 unspecified atom stereocenters. The van der Waals surface area contributed by atoms with E-state index >= 15 is 0 Å². The molecule has 18 heavy (non-hydrogen) atoms. The zero-order valence-corrected chi connectivity index (χ0v) is 11.9. The molecule has 1 rings (SSSR count). The van der Waals surface area contributed by atoms with Crippen LogP contribution >= 0.6 is 0 Å². The molecule has 0 spiro atoms. The van der Waals surface area contributed by atoms with Gasteiger partial charge in [0.05, 0.1) is 6.04 Å². The molecule has 0 saturated heterocycles. The predicted molar refractivity (Wildman–Crippen MR) is 69.4 cm³/mol. The van der Waals surface area contributed by atoms with E-state index < -0.39 is 23.8 Å². The number of aliphatic carboxylic acids is 1. The number of ketones is 1. The van der Waals surface area contributed by atoms with Crippen molar-refractivity contribution in [3.63, 3.8) is 0 Å². The lowest BCUT2D eigenvalue weighted by molar-refractivity contribution is -0.140. The maximum atomic E-state index is 12.0. The second kappa shape index (κ2) is 6.04. The maximum Gasteiger partial charge on any atom is 0.310 e. The van der Waals surface area contributed by atoms with E-state index in [9.17, 15) is 14.1 Å². The van der Waals surface area contributed by atoms with Crippen LogP contribution in [0.5, 0.6) is 0 Å². The van der Waals surface area contributed by atoms with Gasteiger partial charge in [-0.25, -0.2) is 0 Å². The van der Waals surface area contributed by atoms with Crippen molar-refractivity contribution in [1.82, 2.24) is 4.72 Å². The van der Waals surface area contributed by atoms with Crippen molar-refractivity contribution in [1.29, 1.82) is 0 Å². The van der Waals surface area contributed by atoms with Crippen LogP contribution in [-0.4, -0.2) is 32.2 Å². The highest BCUT2D eigenvalue weighted by Gasteiger charge is 2.38. The van der Waals surface area contributed by atoms with E-state index in [2.05, 4.69) is 4.72 Å². The minimum absolute atomic E-state index is 0.152. The molecule has 0 radical (unpaired) electrons. The van der Waals surface area contributed by atoms with Crippen LogP contribution in [0, 0.1) is 5.92 Å². The van der Waals surface area contributed by atoms with E-state index in [0.717, 1.165) is 12.8 Å². The largest absolute Gasteiger partial charge is 0.598 e. The molecule has 0 aliphatic heterocycles. The zero-order chi connectivity index (χ0) is 13.9. The molecule has 0 aromatic heterocycles. The molecule has 1 aliphatic carbocycles. The van der Waals surface area contributed by atoms with Gasteiger partial charge in [-0.1, -0.05) is 0 Å². The van der Waals surface area contributed by atoms with Crippen LogP contribution in [0.4, 0.5) is 0 Å². The van der Waals surface area contributed by atoms with Crippen LogP contribution in [0.2, 0.25) is 0 Å². The van der Waals surface area contributed by atoms with Crippen LogP contribution in [-0.2, 0) is 21.0 Å². The average Bonchev–Trinajstić information content (AvgIpc) is 2.96. The Morgan fingerprint density at radius 1 is 1.44 bits per heavy atom. The van der Waals surface area contributed by atoms with Crippen molar-refractivity contribution in [3.05, 3.63) is 0 Å². The van der Waals surface area contributed by atoms with Gasteiger partial charge >= 0.3 is 5.97 Å². The Balaban J connectivity index is 2.50. The number of rotatable bonds is 7. The van der Waals surface area contributed by atoms with E-state index in [0.29, 0.717) is 5.92 Å². The molecular weight excluding hydrogens is 254 g/mol. The number of Topliss-reactive ketones (excluding diaryl/α,β-unsaturated/α-hetero) is 1. The standard InChI is InChI=1S/C12H21NO4S/c1-12(2,3)18(17)13-10(8-4-5-8)6-9(14)7-11(15)16/h8,10,13H,4-7H2,1-3H3,(H,15,16)/t10?,18-/m1/s1. The summed E-state index contributed by atoms with van der Waals surface area (Å²) in [6, 6.07) is -0.156. The van der Waals surface area contributed by atoms with Crippen molar-refractivity contribution >= 4 is 23.1 Å². The van der Waals surface area contributed by atoms with E-state index in [1.54, 1.807) is 0 Å². The van der Waals surface area contributed by atoms with Crippen molar-refractivity contribution in [3.8, 4) is 0 Å². The van der Waals surface area contributed by atoms with Crippen LogP contribution in [0.3, 0.4) is 0 Å². The first kappa shape index (κ1) is 15.5. The summed E-state index contributed by atoms with van der Waals surface area (Å²) in [5.74, 6) is -1.06. The third kappa shape index (κ3) is 5.37. The fourth-order valence-corrected chi connectivity index (χ4v) is 2.51. The molecule has 1 fully saturated rings. The molecule has 104 valence electrons. The number of carboxylic acid groups (broad SMARTS) is 1. The molecule has 1 saturated carbocycles. The quantitative estimate of drug-likeness (QED) is 0.539. The molecule has 0 bridgehead atoms. The van der Waals surface area contributed by atoms with Gasteiger partial charge in [0.1, 0.15) is 17.0 Å². The number of hydrogen-bond donors (Lipinski definition) is 2. The predicted octanol–water partition coefficient (Wildman–Crippen LogP) is 1.25. The number of hydrogen-bond acceptors (Lipinski definition) is 4. The topological polar surface area (TPSA) is 89.5 Å². The molecule has 6 heteroatoms. The van der Waals surface area contributed by atoms with Gasteiger partial charge < -0.3 is 9.66 Å². The van der Waals surface area contributed by atoms with Crippen LogP contribution in [0.25, 0.3) is 0 Å². The molecule has 0 amide bonds. The fourth-order valence-electron chi connectivity index (χ4n) is 1.60. The monoisotopic (exact) mass is 275 g/mol. The normalized spacial score (nSPS) is 19.3. The van der Waals surface area contributed by atoms with E-state index in [1.165, 1.54) is 0 Å². The molecule has 1 aliphatic rings. The van der Waals surface area contributed by atoms with Crippen molar-refractivity contribution in [2.75, 3.05) is 0 Å². The van der Waals surface area contributed by atoms with Crippen molar-refractivity contribution < 1.29 is 19.2 Å². The summed E-state index contributed by atoms with van der Waals surface area (Å²) in [6.07, 6.45) is 1.73. The summed E-state index contributed by atoms with van der Waals surface area (Å²) in [7, 11) is 0. The highest BCUT2D eigenvalue weighted by molar-refractivity contribution is 7.90. The summed E-state index contributed by atoms with van der Waals surface area (Å²) >= 11 is -1.23. The van der Waals surface area contributed by atoms with Gasteiger partial charge in [0.25, 0.3) is 0 Å². The Bertz CT molecular complexity index is 323. The molecule has 2 atom stereocenters. The third-order valence-corrected chi connectivity index (χ3v) is 4.43. The highest BCUT2D eigenvalue weighted by atomic mass is 32.2. The molecular formula is C12H21NO4S. The second-order valence-electron chi connectivity index (χ2n) is 5.76. The summed E-state index contributed by atoms with van der Waals surface area (Å²) in [5, 5.41) is 8.56. The van der Waals surface area contributed by atoms with Gasteiger partial charge in [-0.05, 0) is 39.5 Å². The van der Waals surface area contributed by atoms with Gasteiger partial charge in [0.2, 0.25) is 0 Å². The number of carbonyl (C=O) groups is 2. The molecule has 2 N–H and O–H groups in total. The average molecular weight is 275 g/mol. The van der Waals surface area contributed by atoms with E-state index in [-0.39, 0.29) is 23.0 Å². The number of carbonyl (C=O) groups excluding carboxylic acids is 1. The fraction of sp³-hybridized carbons (Fsp3) is 0.833. The summed E-state index contributed by atoms with van der Waals surface area (Å²) in [5.41, 5.74) is 0. The molecule has 0 aromatic carbocycles. The van der Waals surface area contributed by atoms with E-state index in [1.807, 2.05) is 20.8 Å². The lowest BCUT2D eigenvalue weighted by atomic mass is 10.1. The van der Waals surface area contributed by atoms with Crippen molar-refractivity contribution in [2.24, 2.45) is 5.92 Å². The number of nitrogens with one attached hydrogen (secondary N) is 1. The Kier molecular flexibility index (Phi) is 5.19. The van der Waals surface area contributed by atoms with Gasteiger partial charge in [-0.15, -0.1) is 4.72 Å². The summed E-state index contributed by atoms with van der Waals surface area (Å²) in [4.78, 5) is 22.0. The summed E-state index contributed by atoms with van der Waals surface area (Å²) < 4.78 is 14.6. The Morgan fingerprint density at radius 3 is 2.39 bits per heavy atom. The first-order chi connectivity index (χ1) is 8.20. The van der Waals surface area contributed by atoms with Gasteiger partial charge in [0.15, 0.2) is 0 Å². The molecule has 0 heterocycles. The number of carboxylic acids is 1. The minimum atomic E-state index is -1.23. The van der Waals surface area contributed by atoms with Crippen LogP contribution in [0.15, 0.2) is 0 Å². The lowest BCUT2D eigenvalue weighted by Gasteiger charge is -2.27. The van der Waals surface area contributed by atoms with Crippen LogP contribution in [0.1, 0.15) is 46.5 Å². The minimum Gasteiger partial charge on any atom is -0.598 e. The molecule has 5 nitrogen and oxygen atoms in total. The smallest absolute Gasteiger partial charge is 0.310 e. The highest BCUT2D eigenvalue weighted by Crippen LogP contribution is 2.35.